The fourth-order valence-electron chi connectivity index (χ4n) is 2.30. The maximum absolute atomic E-state index is 12.3. The van der Waals surface area contributed by atoms with E-state index < -0.39 is 11.9 Å². The Morgan fingerprint density at radius 1 is 1.35 bits per heavy atom. The molecule has 0 radical (unpaired) electrons. The number of amides is 1. The molecule has 1 aromatic carbocycles. The van der Waals surface area contributed by atoms with Crippen molar-refractivity contribution in [3.8, 4) is 0 Å². The van der Waals surface area contributed by atoms with Crippen molar-refractivity contribution in [3.05, 3.63) is 29.8 Å². The number of carboxylic acids is 1. The molecule has 0 aliphatic carbocycles. The summed E-state index contributed by atoms with van der Waals surface area (Å²) in [5.74, 6) is -1.15. The molecule has 1 aliphatic rings. The maximum atomic E-state index is 12.3. The van der Waals surface area contributed by atoms with Crippen LogP contribution in [0.5, 0.6) is 0 Å². The van der Waals surface area contributed by atoms with Crippen LogP contribution in [0.3, 0.4) is 0 Å². The molecule has 5 heteroatoms. The molecular formula is C15H20N2O3. The molecule has 1 amide bonds. The van der Waals surface area contributed by atoms with Crippen LogP contribution in [-0.2, 0) is 4.79 Å². The summed E-state index contributed by atoms with van der Waals surface area (Å²) < 4.78 is 0. The van der Waals surface area contributed by atoms with E-state index in [0.717, 1.165) is 5.69 Å². The molecule has 0 spiro atoms. The summed E-state index contributed by atoms with van der Waals surface area (Å²) in [4.78, 5) is 26.8. The molecule has 1 saturated heterocycles. The van der Waals surface area contributed by atoms with Crippen LogP contribution in [0.15, 0.2) is 24.3 Å². The van der Waals surface area contributed by atoms with Gasteiger partial charge in [-0.25, -0.2) is 0 Å². The first-order chi connectivity index (χ1) is 9.40. The zero-order valence-electron chi connectivity index (χ0n) is 12.0. The van der Waals surface area contributed by atoms with Crippen LogP contribution in [-0.4, -0.2) is 49.1 Å². The fourth-order valence-corrected chi connectivity index (χ4v) is 2.30. The number of hydrogen-bond donors (Lipinski definition) is 1. The van der Waals surface area contributed by atoms with Crippen molar-refractivity contribution in [1.82, 2.24) is 4.90 Å². The quantitative estimate of drug-likeness (QED) is 0.906. The molecule has 2 rings (SSSR count). The van der Waals surface area contributed by atoms with Crippen LogP contribution in [0.25, 0.3) is 0 Å². The molecular weight excluding hydrogens is 256 g/mol. The first kappa shape index (κ1) is 14.4. The topological polar surface area (TPSA) is 60.9 Å². The van der Waals surface area contributed by atoms with Gasteiger partial charge in [-0.2, -0.15) is 0 Å². The molecule has 0 saturated carbocycles. The maximum Gasteiger partial charge on any atom is 0.306 e. The van der Waals surface area contributed by atoms with Gasteiger partial charge in [-0.05, 0) is 18.2 Å². The predicted molar refractivity (Wildman–Crippen MR) is 77.0 cm³/mol. The molecule has 1 fully saturated rings. The number of carbonyl (C=O) groups is 2. The highest BCUT2D eigenvalue weighted by Gasteiger charge is 2.37. The number of nitrogens with zero attached hydrogens (tertiary/aromatic N) is 2. The standard InChI is InChI=1S/C15H20N2O3/c1-10(15(19)20)12-8-17(9-12)14(18)11-5-4-6-13(7-11)16(2)3/h4-7,10,12H,8-9H2,1-3H3,(H,19,20). The Morgan fingerprint density at radius 3 is 2.55 bits per heavy atom. The van der Waals surface area contributed by atoms with Gasteiger partial charge >= 0.3 is 5.97 Å². The minimum Gasteiger partial charge on any atom is -0.481 e. The van der Waals surface area contributed by atoms with Gasteiger partial charge in [0.15, 0.2) is 0 Å². The van der Waals surface area contributed by atoms with E-state index >= 15 is 0 Å². The molecule has 1 N–H and O–H groups in total. The number of benzene rings is 1. The van der Waals surface area contributed by atoms with Gasteiger partial charge in [-0.1, -0.05) is 13.0 Å². The molecule has 0 bridgehead atoms. The van der Waals surface area contributed by atoms with Gasteiger partial charge in [-0.15, -0.1) is 0 Å². The van der Waals surface area contributed by atoms with Crippen molar-refractivity contribution in [1.29, 1.82) is 0 Å². The number of rotatable bonds is 4. The first-order valence-electron chi connectivity index (χ1n) is 6.69. The molecule has 1 unspecified atom stereocenters. The average Bonchev–Trinajstić information content (AvgIpc) is 2.36. The normalized spacial score (nSPS) is 16.4. The van der Waals surface area contributed by atoms with Crippen LogP contribution in [0, 0.1) is 11.8 Å². The molecule has 5 nitrogen and oxygen atoms in total. The molecule has 1 atom stereocenters. The van der Waals surface area contributed by atoms with E-state index in [2.05, 4.69) is 0 Å². The highest BCUT2D eigenvalue weighted by atomic mass is 16.4. The van der Waals surface area contributed by atoms with Crippen molar-refractivity contribution in [2.45, 2.75) is 6.92 Å². The second-order valence-electron chi connectivity index (χ2n) is 5.54. The number of carbonyl (C=O) groups excluding carboxylic acids is 1. The number of aliphatic carboxylic acids is 1. The summed E-state index contributed by atoms with van der Waals surface area (Å²) in [6.45, 7) is 2.75. The largest absolute Gasteiger partial charge is 0.481 e. The van der Waals surface area contributed by atoms with E-state index in [1.54, 1.807) is 17.9 Å². The van der Waals surface area contributed by atoms with Gasteiger partial charge in [0.1, 0.15) is 0 Å². The number of likely N-dealkylation sites (tertiary alicyclic amines) is 1. The van der Waals surface area contributed by atoms with Crippen LogP contribution in [0.4, 0.5) is 5.69 Å². The van der Waals surface area contributed by atoms with Crippen molar-refractivity contribution in [2.24, 2.45) is 11.8 Å². The van der Waals surface area contributed by atoms with E-state index in [1.165, 1.54) is 0 Å². The molecule has 0 aromatic heterocycles. The number of carboxylic acid groups (broad SMARTS) is 1. The van der Waals surface area contributed by atoms with Gasteiger partial charge in [0.05, 0.1) is 5.92 Å². The lowest BCUT2D eigenvalue weighted by atomic mass is 9.86. The smallest absolute Gasteiger partial charge is 0.306 e. The second kappa shape index (κ2) is 5.53. The van der Waals surface area contributed by atoms with Crippen LogP contribution < -0.4 is 4.90 Å². The third-order valence-electron chi connectivity index (χ3n) is 3.90. The minimum atomic E-state index is -0.795. The van der Waals surface area contributed by atoms with Crippen molar-refractivity contribution >= 4 is 17.6 Å². The summed E-state index contributed by atoms with van der Waals surface area (Å²) in [7, 11) is 3.86. The Morgan fingerprint density at radius 2 is 2.00 bits per heavy atom. The SMILES string of the molecule is CC(C(=O)O)C1CN(C(=O)c2cccc(N(C)C)c2)C1. The zero-order chi connectivity index (χ0) is 14.9. The summed E-state index contributed by atoms with van der Waals surface area (Å²) >= 11 is 0. The van der Waals surface area contributed by atoms with Gasteiger partial charge in [0.25, 0.3) is 5.91 Å². The Kier molecular flexibility index (Phi) is 3.97. The second-order valence-corrected chi connectivity index (χ2v) is 5.54. The van der Waals surface area contributed by atoms with E-state index in [9.17, 15) is 9.59 Å². The number of hydrogen-bond acceptors (Lipinski definition) is 3. The molecule has 1 aliphatic heterocycles. The summed E-state index contributed by atoms with van der Waals surface area (Å²) in [5, 5.41) is 8.95. The summed E-state index contributed by atoms with van der Waals surface area (Å²) in [6, 6.07) is 7.46. The Balaban J connectivity index is 2.00. The molecule has 1 aromatic rings. The predicted octanol–water partition coefficient (Wildman–Crippen LogP) is 1.55. The number of anilines is 1. The highest BCUT2D eigenvalue weighted by molar-refractivity contribution is 5.95. The third-order valence-corrected chi connectivity index (χ3v) is 3.90. The minimum absolute atomic E-state index is 0.0254. The Bertz CT molecular complexity index is 522. The van der Waals surface area contributed by atoms with Crippen LogP contribution >= 0.6 is 0 Å². The van der Waals surface area contributed by atoms with Gasteiger partial charge in [0.2, 0.25) is 0 Å². The van der Waals surface area contributed by atoms with Crippen molar-refractivity contribution in [2.75, 3.05) is 32.1 Å². The Labute approximate surface area is 118 Å². The third kappa shape index (κ3) is 2.76. The molecule has 20 heavy (non-hydrogen) atoms. The van der Waals surface area contributed by atoms with Crippen LogP contribution in [0.1, 0.15) is 17.3 Å². The average molecular weight is 276 g/mol. The summed E-state index contributed by atoms with van der Waals surface area (Å²) in [5.41, 5.74) is 1.63. The molecule has 108 valence electrons. The van der Waals surface area contributed by atoms with Crippen molar-refractivity contribution in [3.63, 3.8) is 0 Å². The summed E-state index contributed by atoms with van der Waals surface area (Å²) in [6.07, 6.45) is 0. The lowest BCUT2D eigenvalue weighted by Gasteiger charge is -2.41. The highest BCUT2D eigenvalue weighted by Crippen LogP contribution is 2.26. The van der Waals surface area contributed by atoms with E-state index in [1.807, 2.05) is 37.2 Å². The van der Waals surface area contributed by atoms with Gasteiger partial charge in [-0.3, -0.25) is 9.59 Å². The zero-order valence-corrected chi connectivity index (χ0v) is 12.0. The van der Waals surface area contributed by atoms with Gasteiger partial charge in [0, 0.05) is 44.4 Å². The van der Waals surface area contributed by atoms with E-state index in [0.29, 0.717) is 18.7 Å². The lowest BCUT2D eigenvalue weighted by molar-refractivity contribution is -0.144. The van der Waals surface area contributed by atoms with E-state index in [-0.39, 0.29) is 11.8 Å². The fraction of sp³-hybridized carbons (Fsp3) is 0.467. The van der Waals surface area contributed by atoms with Crippen molar-refractivity contribution < 1.29 is 14.7 Å². The molecule has 1 heterocycles. The first-order valence-corrected chi connectivity index (χ1v) is 6.69. The monoisotopic (exact) mass is 276 g/mol. The Hall–Kier alpha value is -2.04. The van der Waals surface area contributed by atoms with Crippen LogP contribution in [0.2, 0.25) is 0 Å². The lowest BCUT2D eigenvalue weighted by Crippen LogP contribution is -2.53. The van der Waals surface area contributed by atoms with Gasteiger partial charge < -0.3 is 14.9 Å². The van der Waals surface area contributed by atoms with E-state index in [4.69, 9.17) is 5.11 Å².